The van der Waals surface area contributed by atoms with Crippen LogP contribution in [0.4, 0.5) is 4.39 Å². The minimum atomic E-state index is -4.08. The summed E-state index contributed by atoms with van der Waals surface area (Å²) in [5.74, 6) is -1.24. The van der Waals surface area contributed by atoms with E-state index in [1.807, 2.05) is 6.92 Å². The standard InChI is InChI=1S/C23H21ClFN3O3S/c1-17-10-12-20(13-11-17)32(30,31)28(15-19-7-3-5-9-22(19)25)16-23(29)27-26-14-18-6-2-4-8-21(18)24/h2-14H,15-16H2,1H3,(H,27,29)/b26-14-. The largest absolute Gasteiger partial charge is 0.272 e. The van der Waals surface area contributed by atoms with E-state index in [-0.39, 0.29) is 17.0 Å². The minimum absolute atomic E-state index is 0.00630. The van der Waals surface area contributed by atoms with E-state index in [9.17, 15) is 17.6 Å². The van der Waals surface area contributed by atoms with Crippen LogP contribution in [0.3, 0.4) is 0 Å². The Morgan fingerprint density at radius 2 is 1.72 bits per heavy atom. The molecule has 3 aromatic rings. The van der Waals surface area contributed by atoms with Gasteiger partial charge in [0, 0.05) is 22.7 Å². The van der Waals surface area contributed by atoms with E-state index in [2.05, 4.69) is 10.5 Å². The topological polar surface area (TPSA) is 78.8 Å². The lowest BCUT2D eigenvalue weighted by molar-refractivity contribution is -0.121. The highest BCUT2D eigenvalue weighted by Gasteiger charge is 2.27. The summed E-state index contributed by atoms with van der Waals surface area (Å²) in [6, 6.07) is 18.9. The monoisotopic (exact) mass is 473 g/mol. The van der Waals surface area contributed by atoms with Gasteiger partial charge in [-0.15, -0.1) is 0 Å². The minimum Gasteiger partial charge on any atom is -0.272 e. The zero-order valence-corrected chi connectivity index (χ0v) is 18.8. The van der Waals surface area contributed by atoms with Crippen molar-refractivity contribution in [3.8, 4) is 0 Å². The van der Waals surface area contributed by atoms with Crippen molar-refractivity contribution in [1.29, 1.82) is 0 Å². The van der Waals surface area contributed by atoms with Gasteiger partial charge in [0.15, 0.2) is 0 Å². The second kappa shape index (κ2) is 10.5. The summed E-state index contributed by atoms with van der Waals surface area (Å²) in [5.41, 5.74) is 3.92. The molecule has 0 aromatic heterocycles. The molecule has 3 rings (SSSR count). The highest BCUT2D eigenvalue weighted by molar-refractivity contribution is 7.89. The Bertz CT molecular complexity index is 1230. The molecule has 0 aliphatic carbocycles. The Morgan fingerprint density at radius 3 is 2.41 bits per heavy atom. The molecule has 1 N–H and O–H groups in total. The smallest absolute Gasteiger partial charge is 0.255 e. The number of carbonyl (C=O) groups excluding carboxylic acids is 1. The molecular formula is C23H21ClFN3O3S. The predicted molar refractivity (Wildman–Crippen MR) is 122 cm³/mol. The molecule has 0 unspecified atom stereocenters. The van der Waals surface area contributed by atoms with Gasteiger partial charge in [-0.1, -0.05) is 65.7 Å². The summed E-state index contributed by atoms with van der Waals surface area (Å²) in [4.78, 5) is 12.5. The second-order valence-electron chi connectivity index (χ2n) is 6.99. The van der Waals surface area contributed by atoms with E-state index in [0.29, 0.717) is 10.6 Å². The molecule has 0 radical (unpaired) electrons. The van der Waals surface area contributed by atoms with E-state index in [4.69, 9.17) is 11.6 Å². The lowest BCUT2D eigenvalue weighted by Crippen LogP contribution is -2.39. The van der Waals surface area contributed by atoms with Gasteiger partial charge in [0.2, 0.25) is 10.0 Å². The molecule has 32 heavy (non-hydrogen) atoms. The fraction of sp³-hybridized carbons (Fsp3) is 0.130. The van der Waals surface area contributed by atoms with Gasteiger partial charge in [-0.3, -0.25) is 4.79 Å². The molecule has 0 fully saturated rings. The molecule has 0 atom stereocenters. The number of hydrogen-bond acceptors (Lipinski definition) is 4. The summed E-state index contributed by atoms with van der Waals surface area (Å²) in [5, 5.41) is 4.29. The first-order valence-corrected chi connectivity index (χ1v) is 11.5. The van der Waals surface area contributed by atoms with Crippen LogP contribution in [0.15, 0.2) is 82.8 Å². The van der Waals surface area contributed by atoms with Crippen molar-refractivity contribution in [2.45, 2.75) is 18.4 Å². The van der Waals surface area contributed by atoms with Crippen molar-refractivity contribution in [2.75, 3.05) is 6.54 Å². The fourth-order valence-electron chi connectivity index (χ4n) is 2.85. The van der Waals surface area contributed by atoms with Crippen LogP contribution in [-0.2, 0) is 21.4 Å². The van der Waals surface area contributed by atoms with Gasteiger partial charge in [0.05, 0.1) is 17.7 Å². The number of nitrogens with zero attached hydrogens (tertiary/aromatic N) is 2. The summed E-state index contributed by atoms with van der Waals surface area (Å²) in [7, 11) is -4.08. The molecule has 0 aliphatic heterocycles. The molecule has 1 amide bonds. The first-order valence-electron chi connectivity index (χ1n) is 9.64. The molecular weight excluding hydrogens is 453 g/mol. The Kier molecular flexibility index (Phi) is 7.74. The van der Waals surface area contributed by atoms with Crippen LogP contribution >= 0.6 is 11.6 Å². The van der Waals surface area contributed by atoms with Gasteiger partial charge in [-0.2, -0.15) is 9.41 Å². The maximum absolute atomic E-state index is 14.2. The molecule has 166 valence electrons. The van der Waals surface area contributed by atoms with Crippen molar-refractivity contribution >= 4 is 33.7 Å². The zero-order chi connectivity index (χ0) is 23.1. The number of amides is 1. The number of benzene rings is 3. The number of nitrogens with one attached hydrogen (secondary N) is 1. The number of hydrazone groups is 1. The van der Waals surface area contributed by atoms with E-state index >= 15 is 0 Å². The molecule has 9 heteroatoms. The summed E-state index contributed by atoms with van der Waals surface area (Å²) >= 11 is 6.04. The van der Waals surface area contributed by atoms with Gasteiger partial charge in [-0.25, -0.2) is 18.2 Å². The number of aryl methyl sites for hydroxylation is 1. The zero-order valence-electron chi connectivity index (χ0n) is 17.2. The summed E-state index contributed by atoms with van der Waals surface area (Å²) in [6.07, 6.45) is 1.36. The van der Waals surface area contributed by atoms with Crippen LogP contribution in [0.2, 0.25) is 5.02 Å². The number of carbonyl (C=O) groups is 1. The highest BCUT2D eigenvalue weighted by Crippen LogP contribution is 2.20. The van der Waals surface area contributed by atoms with Crippen LogP contribution in [0, 0.1) is 12.7 Å². The normalized spacial score (nSPS) is 11.8. The average Bonchev–Trinajstić information content (AvgIpc) is 2.76. The van der Waals surface area contributed by atoms with Crippen molar-refractivity contribution in [3.63, 3.8) is 0 Å². The van der Waals surface area contributed by atoms with Crippen LogP contribution in [0.25, 0.3) is 0 Å². The highest BCUT2D eigenvalue weighted by atomic mass is 35.5. The summed E-state index contributed by atoms with van der Waals surface area (Å²) < 4.78 is 41.5. The van der Waals surface area contributed by atoms with Crippen LogP contribution in [0.5, 0.6) is 0 Å². The Labute approximate surface area is 191 Å². The molecule has 0 saturated carbocycles. The van der Waals surface area contributed by atoms with Crippen molar-refractivity contribution in [1.82, 2.24) is 9.73 Å². The predicted octanol–water partition coefficient (Wildman–Crippen LogP) is 4.13. The SMILES string of the molecule is Cc1ccc(S(=O)(=O)N(CC(=O)N/N=C\c2ccccc2Cl)Cc2ccccc2F)cc1. The molecule has 3 aromatic carbocycles. The average molecular weight is 474 g/mol. The molecule has 0 bridgehead atoms. The molecule has 0 aliphatic rings. The maximum Gasteiger partial charge on any atom is 0.255 e. The van der Waals surface area contributed by atoms with E-state index in [0.717, 1.165) is 9.87 Å². The number of halogens is 2. The van der Waals surface area contributed by atoms with Crippen LogP contribution in [0.1, 0.15) is 16.7 Å². The Balaban J connectivity index is 1.82. The fourth-order valence-corrected chi connectivity index (χ4v) is 4.41. The molecule has 0 spiro atoms. The van der Waals surface area contributed by atoms with Crippen LogP contribution < -0.4 is 5.43 Å². The van der Waals surface area contributed by atoms with Crippen molar-refractivity contribution < 1.29 is 17.6 Å². The quantitative estimate of drug-likeness (QED) is 0.394. The Morgan fingerprint density at radius 1 is 1.06 bits per heavy atom. The number of rotatable bonds is 8. The van der Waals surface area contributed by atoms with Crippen molar-refractivity contribution in [2.24, 2.45) is 5.10 Å². The van der Waals surface area contributed by atoms with Gasteiger partial charge in [0.25, 0.3) is 5.91 Å². The first-order chi connectivity index (χ1) is 15.3. The number of hydrogen-bond donors (Lipinski definition) is 1. The maximum atomic E-state index is 14.2. The van der Waals surface area contributed by atoms with E-state index in [1.165, 1.54) is 36.5 Å². The molecule has 0 heterocycles. The Hall–Kier alpha value is -3.07. The van der Waals surface area contributed by atoms with E-state index in [1.54, 1.807) is 42.5 Å². The van der Waals surface area contributed by atoms with Gasteiger partial charge < -0.3 is 0 Å². The van der Waals surface area contributed by atoms with Gasteiger partial charge >= 0.3 is 0 Å². The lowest BCUT2D eigenvalue weighted by atomic mass is 10.2. The lowest BCUT2D eigenvalue weighted by Gasteiger charge is -2.22. The third kappa shape index (κ3) is 6.00. The van der Waals surface area contributed by atoms with Gasteiger partial charge in [0.1, 0.15) is 5.82 Å². The van der Waals surface area contributed by atoms with Crippen molar-refractivity contribution in [3.05, 3.63) is 100 Å². The molecule has 6 nitrogen and oxygen atoms in total. The third-order valence-corrected chi connectivity index (χ3v) is 6.73. The first kappa shape index (κ1) is 23.6. The van der Waals surface area contributed by atoms with Crippen LogP contribution in [-0.4, -0.2) is 31.4 Å². The summed E-state index contributed by atoms with van der Waals surface area (Å²) in [6.45, 7) is 0.965. The third-order valence-electron chi connectivity index (χ3n) is 4.58. The molecule has 0 saturated heterocycles. The second-order valence-corrected chi connectivity index (χ2v) is 9.34. The van der Waals surface area contributed by atoms with Gasteiger partial charge in [-0.05, 0) is 31.2 Å². The van der Waals surface area contributed by atoms with E-state index < -0.39 is 28.3 Å². The number of sulfonamides is 1.